The quantitative estimate of drug-likeness (QED) is 0.675. The van der Waals surface area contributed by atoms with E-state index in [1.165, 1.54) is 30.3 Å². The summed E-state index contributed by atoms with van der Waals surface area (Å²) in [6.07, 6.45) is 2.00. The molecule has 0 unspecified atom stereocenters. The number of benzene rings is 1. The molecule has 1 aromatic heterocycles. The Balaban J connectivity index is 2.22. The van der Waals surface area contributed by atoms with Crippen molar-refractivity contribution in [1.82, 2.24) is 10.2 Å². The van der Waals surface area contributed by atoms with Gasteiger partial charge in [0.05, 0.1) is 0 Å². The number of carboxylic acids is 1. The number of hydrogen-bond acceptors (Lipinski definition) is 5. The van der Waals surface area contributed by atoms with Crippen LogP contribution in [0.2, 0.25) is 0 Å². The van der Waals surface area contributed by atoms with Gasteiger partial charge in [-0.1, -0.05) is 19.1 Å². The topological polar surface area (TPSA) is 76.2 Å². The summed E-state index contributed by atoms with van der Waals surface area (Å²) >= 11 is 0.860. The average Bonchev–Trinajstić information content (AvgIpc) is 2.88. The first-order valence-electron chi connectivity index (χ1n) is 5.79. The number of carbonyl (C=O) groups is 1. The van der Waals surface area contributed by atoms with E-state index in [2.05, 4.69) is 10.2 Å². The molecule has 0 fully saturated rings. The lowest BCUT2D eigenvalue weighted by Crippen LogP contribution is -1.96. The van der Waals surface area contributed by atoms with E-state index in [0.717, 1.165) is 11.8 Å². The molecule has 0 aliphatic heterocycles. The van der Waals surface area contributed by atoms with Crippen LogP contribution in [0.5, 0.6) is 0 Å². The lowest BCUT2D eigenvalue weighted by atomic mass is 10.2. The molecule has 0 spiro atoms. The van der Waals surface area contributed by atoms with Gasteiger partial charge >= 0.3 is 5.97 Å². The van der Waals surface area contributed by atoms with E-state index in [9.17, 15) is 9.18 Å². The summed E-state index contributed by atoms with van der Waals surface area (Å²) in [4.78, 5) is 11.2. The maximum atomic E-state index is 12.8. The maximum Gasteiger partial charge on any atom is 0.342 e. The minimum Gasteiger partial charge on any atom is -0.477 e. The Morgan fingerprint density at radius 2 is 2.10 bits per heavy atom. The van der Waals surface area contributed by atoms with E-state index in [1.807, 2.05) is 6.92 Å². The van der Waals surface area contributed by atoms with Crippen LogP contribution in [0.3, 0.4) is 0 Å². The molecule has 0 saturated carbocycles. The van der Waals surface area contributed by atoms with Gasteiger partial charge in [0.1, 0.15) is 10.7 Å². The van der Waals surface area contributed by atoms with Gasteiger partial charge in [0, 0.05) is 6.42 Å². The molecule has 2 aromatic rings. The summed E-state index contributed by atoms with van der Waals surface area (Å²) in [5.41, 5.74) is 0.575. The Bertz CT molecular complexity index is 637. The van der Waals surface area contributed by atoms with Crippen LogP contribution in [0.4, 0.5) is 4.39 Å². The predicted molar refractivity (Wildman–Crippen MR) is 71.5 cm³/mol. The highest BCUT2D eigenvalue weighted by atomic mass is 32.2. The van der Waals surface area contributed by atoms with Crippen LogP contribution in [0.15, 0.2) is 38.8 Å². The van der Waals surface area contributed by atoms with Crippen molar-refractivity contribution in [2.45, 2.75) is 18.6 Å². The lowest BCUT2D eigenvalue weighted by molar-refractivity contribution is -0.131. The molecule has 104 valence electrons. The second kappa shape index (κ2) is 6.33. The standard InChI is InChI=1S/C13H11FN2O3S/c1-2-11-15-16-13(19-11)20-10(12(17)18)7-8-3-5-9(14)6-4-8/h3-7H,2H2,1H3,(H,17,18)/b10-7-. The summed E-state index contributed by atoms with van der Waals surface area (Å²) < 4.78 is 18.0. The molecule has 0 saturated heterocycles. The fraction of sp³-hybridized carbons (Fsp3) is 0.154. The minimum atomic E-state index is -1.12. The maximum absolute atomic E-state index is 12.8. The zero-order valence-electron chi connectivity index (χ0n) is 10.5. The first-order chi connectivity index (χ1) is 9.58. The van der Waals surface area contributed by atoms with Gasteiger partial charge < -0.3 is 9.52 Å². The van der Waals surface area contributed by atoms with Gasteiger partial charge in [0.15, 0.2) is 0 Å². The third-order valence-corrected chi connectivity index (χ3v) is 3.18. The van der Waals surface area contributed by atoms with Gasteiger partial charge in [-0.2, -0.15) is 0 Å². The van der Waals surface area contributed by atoms with Crippen molar-refractivity contribution in [3.8, 4) is 0 Å². The van der Waals surface area contributed by atoms with Crippen LogP contribution in [-0.2, 0) is 11.2 Å². The largest absolute Gasteiger partial charge is 0.477 e. The van der Waals surface area contributed by atoms with Crippen LogP contribution in [-0.4, -0.2) is 21.3 Å². The molecule has 7 heteroatoms. The molecule has 0 aliphatic carbocycles. The Labute approximate surface area is 118 Å². The smallest absolute Gasteiger partial charge is 0.342 e. The fourth-order valence-corrected chi connectivity index (χ4v) is 2.05. The van der Waals surface area contributed by atoms with Gasteiger partial charge in [-0.05, 0) is 35.5 Å². The van der Waals surface area contributed by atoms with Gasteiger partial charge in [-0.15, -0.1) is 10.2 Å². The zero-order valence-corrected chi connectivity index (χ0v) is 11.4. The third-order valence-electron chi connectivity index (χ3n) is 2.33. The van der Waals surface area contributed by atoms with E-state index < -0.39 is 5.97 Å². The number of rotatable bonds is 5. The van der Waals surface area contributed by atoms with E-state index >= 15 is 0 Å². The van der Waals surface area contributed by atoms with Crippen molar-refractivity contribution in [2.24, 2.45) is 0 Å². The highest BCUT2D eigenvalue weighted by molar-refractivity contribution is 8.03. The summed E-state index contributed by atoms with van der Waals surface area (Å²) in [6, 6.07) is 5.50. The Morgan fingerprint density at radius 3 is 2.65 bits per heavy atom. The highest BCUT2D eigenvalue weighted by Crippen LogP contribution is 2.27. The van der Waals surface area contributed by atoms with Gasteiger partial charge in [-0.3, -0.25) is 0 Å². The molecular weight excluding hydrogens is 283 g/mol. The Hall–Kier alpha value is -2.15. The van der Waals surface area contributed by atoms with Crippen molar-refractivity contribution >= 4 is 23.8 Å². The predicted octanol–water partition coefficient (Wildman–Crippen LogP) is 2.99. The summed E-state index contributed by atoms with van der Waals surface area (Å²) in [5.74, 6) is -1.05. The van der Waals surface area contributed by atoms with Crippen LogP contribution in [0.1, 0.15) is 18.4 Å². The number of carboxylic acid groups (broad SMARTS) is 1. The Morgan fingerprint density at radius 1 is 1.40 bits per heavy atom. The van der Waals surface area contributed by atoms with Crippen molar-refractivity contribution in [3.63, 3.8) is 0 Å². The molecule has 1 N–H and O–H groups in total. The molecule has 2 rings (SSSR count). The Kier molecular flexibility index (Phi) is 4.52. The van der Waals surface area contributed by atoms with E-state index in [1.54, 1.807) is 0 Å². The molecule has 1 heterocycles. The van der Waals surface area contributed by atoms with Crippen LogP contribution in [0.25, 0.3) is 6.08 Å². The second-order valence-electron chi connectivity index (χ2n) is 3.78. The van der Waals surface area contributed by atoms with Crippen molar-refractivity contribution in [1.29, 1.82) is 0 Å². The van der Waals surface area contributed by atoms with Crippen molar-refractivity contribution in [2.75, 3.05) is 0 Å². The highest BCUT2D eigenvalue weighted by Gasteiger charge is 2.14. The molecule has 0 amide bonds. The number of nitrogens with zero attached hydrogens (tertiary/aromatic N) is 2. The van der Waals surface area contributed by atoms with Gasteiger partial charge in [0.25, 0.3) is 5.22 Å². The van der Waals surface area contributed by atoms with E-state index in [4.69, 9.17) is 9.52 Å². The summed E-state index contributed by atoms with van der Waals surface area (Å²) in [5, 5.41) is 16.8. The molecular formula is C13H11FN2O3S. The monoisotopic (exact) mass is 294 g/mol. The molecule has 0 atom stereocenters. The minimum absolute atomic E-state index is 0.0166. The lowest BCUT2D eigenvalue weighted by Gasteiger charge is -1.99. The average molecular weight is 294 g/mol. The van der Waals surface area contributed by atoms with Crippen LogP contribution >= 0.6 is 11.8 Å². The van der Waals surface area contributed by atoms with Crippen LogP contribution < -0.4 is 0 Å². The van der Waals surface area contributed by atoms with Gasteiger partial charge in [-0.25, -0.2) is 9.18 Å². The number of hydrogen-bond donors (Lipinski definition) is 1. The number of thioether (sulfide) groups is 1. The SMILES string of the molecule is CCc1nnc(S/C(=C\c2ccc(F)cc2)C(=O)O)o1. The normalized spacial score (nSPS) is 11.6. The van der Waals surface area contributed by atoms with Crippen LogP contribution in [0, 0.1) is 5.82 Å². The summed E-state index contributed by atoms with van der Waals surface area (Å²) in [6.45, 7) is 1.86. The molecule has 20 heavy (non-hydrogen) atoms. The molecule has 1 aromatic carbocycles. The molecule has 5 nitrogen and oxygen atoms in total. The van der Waals surface area contributed by atoms with E-state index in [0.29, 0.717) is 17.9 Å². The zero-order chi connectivity index (χ0) is 14.5. The number of aliphatic carboxylic acids is 1. The van der Waals surface area contributed by atoms with Crippen molar-refractivity contribution < 1.29 is 18.7 Å². The third kappa shape index (κ3) is 3.67. The summed E-state index contributed by atoms with van der Waals surface area (Å²) in [7, 11) is 0. The molecule has 0 aliphatic rings. The second-order valence-corrected chi connectivity index (χ2v) is 4.78. The number of aryl methyl sites for hydroxylation is 1. The number of halogens is 1. The number of aromatic nitrogens is 2. The first-order valence-corrected chi connectivity index (χ1v) is 6.61. The molecule has 0 bridgehead atoms. The molecule has 0 radical (unpaired) electrons. The van der Waals surface area contributed by atoms with E-state index in [-0.39, 0.29) is 15.9 Å². The van der Waals surface area contributed by atoms with Crippen molar-refractivity contribution in [3.05, 3.63) is 46.4 Å². The first kappa shape index (κ1) is 14.3. The van der Waals surface area contributed by atoms with Gasteiger partial charge in [0.2, 0.25) is 5.89 Å². The fourth-order valence-electron chi connectivity index (χ4n) is 1.36.